The summed E-state index contributed by atoms with van der Waals surface area (Å²) in [6, 6.07) is 4.58. The van der Waals surface area contributed by atoms with E-state index in [0.29, 0.717) is 19.5 Å². The Hall–Kier alpha value is -1.62. The van der Waals surface area contributed by atoms with Crippen molar-refractivity contribution in [1.82, 2.24) is 10.2 Å². The molecule has 0 spiro atoms. The molecule has 108 valence electrons. The molecule has 2 aliphatic rings. The van der Waals surface area contributed by atoms with Gasteiger partial charge in [0.1, 0.15) is 17.7 Å². The number of rotatable bonds is 2. The maximum atomic E-state index is 13.2. The lowest BCUT2D eigenvalue weighted by Gasteiger charge is -2.38. The molecule has 1 aromatic carbocycles. The monoisotopic (exact) mass is 278 g/mol. The van der Waals surface area contributed by atoms with Crippen LogP contribution in [0, 0.1) is 5.82 Å². The van der Waals surface area contributed by atoms with Crippen LogP contribution in [0.2, 0.25) is 0 Å². The summed E-state index contributed by atoms with van der Waals surface area (Å²) in [6.07, 6.45) is 0.578. The van der Waals surface area contributed by atoms with Crippen LogP contribution in [0.4, 0.5) is 4.39 Å². The van der Waals surface area contributed by atoms with E-state index >= 15 is 0 Å². The lowest BCUT2D eigenvalue weighted by Crippen LogP contribution is -2.62. The molecule has 1 saturated heterocycles. The third-order valence-corrected chi connectivity index (χ3v) is 3.96. The standard InChI is InChI=1S/C15H19FN2O2/c1-15(2)14(19)18(6-5-17-15)9-12-8-10-7-11(16)3-4-13(10)20-12/h3-4,7,12,17H,5-6,8-9H2,1-2H3. The zero-order chi connectivity index (χ0) is 14.3. The predicted molar refractivity (Wildman–Crippen MR) is 73.2 cm³/mol. The average molecular weight is 278 g/mol. The minimum absolute atomic E-state index is 0.0790. The molecule has 4 nitrogen and oxygen atoms in total. The molecule has 1 N–H and O–H groups in total. The molecule has 0 radical (unpaired) electrons. The van der Waals surface area contributed by atoms with E-state index in [-0.39, 0.29) is 17.8 Å². The van der Waals surface area contributed by atoms with Gasteiger partial charge in [-0.1, -0.05) is 0 Å². The van der Waals surface area contributed by atoms with Gasteiger partial charge in [0.2, 0.25) is 5.91 Å². The summed E-state index contributed by atoms with van der Waals surface area (Å²) in [7, 11) is 0. The Labute approximate surface area is 117 Å². The van der Waals surface area contributed by atoms with Gasteiger partial charge in [0.25, 0.3) is 0 Å². The van der Waals surface area contributed by atoms with Gasteiger partial charge >= 0.3 is 0 Å². The first-order valence-corrected chi connectivity index (χ1v) is 6.95. The maximum Gasteiger partial charge on any atom is 0.242 e. The lowest BCUT2D eigenvalue weighted by atomic mass is 10.00. The number of piperazine rings is 1. The molecule has 1 fully saturated rings. The second-order valence-electron chi connectivity index (χ2n) is 6.00. The molecular formula is C15H19FN2O2. The zero-order valence-corrected chi connectivity index (χ0v) is 11.8. The van der Waals surface area contributed by atoms with Gasteiger partial charge in [0.05, 0.1) is 12.1 Å². The number of benzene rings is 1. The van der Waals surface area contributed by atoms with E-state index in [2.05, 4.69) is 5.32 Å². The number of hydrogen-bond donors (Lipinski definition) is 1. The van der Waals surface area contributed by atoms with Gasteiger partial charge in [-0.2, -0.15) is 0 Å². The molecule has 0 aliphatic carbocycles. The number of nitrogens with one attached hydrogen (secondary N) is 1. The Morgan fingerprint density at radius 3 is 3.10 bits per heavy atom. The zero-order valence-electron chi connectivity index (χ0n) is 11.8. The van der Waals surface area contributed by atoms with E-state index in [9.17, 15) is 9.18 Å². The van der Waals surface area contributed by atoms with Crippen molar-refractivity contribution >= 4 is 5.91 Å². The minimum atomic E-state index is -0.518. The summed E-state index contributed by atoms with van der Waals surface area (Å²) in [5.74, 6) is 0.583. The summed E-state index contributed by atoms with van der Waals surface area (Å²) in [4.78, 5) is 14.1. The summed E-state index contributed by atoms with van der Waals surface area (Å²) >= 11 is 0. The van der Waals surface area contributed by atoms with Crippen molar-refractivity contribution < 1.29 is 13.9 Å². The van der Waals surface area contributed by atoms with Crippen molar-refractivity contribution in [3.63, 3.8) is 0 Å². The minimum Gasteiger partial charge on any atom is -0.488 e. The van der Waals surface area contributed by atoms with Crippen molar-refractivity contribution in [2.75, 3.05) is 19.6 Å². The topological polar surface area (TPSA) is 41.6 Å². The van der Waals surface area contributed by atoms with E-state index in [0.717, 1.165) is 17.9 Å². The van der Waals surface area contributed by atoms with E-state index in [1.165, 1.54) is 12.1 Å². The normalized spacial score (nSPS) is 24.4. The second kappa shape index (κ2) is 4.74. The van der Waals surface area contributed by atoms with E-state index in [1.807, 2.05) is 18.7 Å². The Bertz CT molecular complexity index is 545. The third kappa shape index (κ3) is 2.38. The van der Waals surface area contributed by atoms with Gasteiger partial charge in [-0.25, -0.2) is 4.39 Å². The van der Waals surface area contributed by atoms with E-state index in [4.69, 9.17) is 4.74 Å². The molecule has 20 heavy (non-hydrogen) atoms. The fourth-order valence-corrected chi connectivity index (χ4v) is 2.89. The Morgan fingerprint density at radius 2 is 2.30 bits per heavy atom. The fourth-order valence-electron chi connectivity index (χ4n) is 2.89. The summed E-state index contributed by atoms with van der Waals surface area (Å²) < 4.78 is 19.0. The number of ether oxygens (including phenoxy) is 1. The van der Waals surface area contributed by atoms with Gasteiger partial charge < -0.3 is 15.0 Å². The highest BCUT2D eigenvalue weighted by Crippen LogP contribution is 2.30. The van der Waals surface area contributed by atoms with Crippen LogP contribution in [-0.2, 0) is 11.2 Å². The number of hydrogen-bond acceptors (Lipinski definition) is 3. The molecule has 1 unspecified atom stereocenters. The van der Waals surface area contributed by atoms with Crippen LogP contribution in [0.3, 0.4) is 0 Å². The predicted octanol–water partition coefficient (Wildman–Crippen LogP) is 1.34. The van der Waals surface area contributed by atoms with Gasteiger partial charge in [0.15, 0.2) is 0 Å². The lowest BCUT2D eigenvalue weighted by molar-refractivity contribution is -0.140. The van der Waals surface area contributed by atoms with Gasteiger partial charge in [-0.3, -0.25) is 4.79 Å². The van der Waals surface area contributed by atoms with Crippen molar-refractivity contribution in [3.8, 4) is 5.75 Å². The van der Waals surface area contributed by atoms with E-state index in [1.54, 1.807) is 6.07 Å². The molecule has 3 rings (SSSR count). The number of carbonyl (C=O) groups is 1. The quantitative estimate of drug-likeness (QED) is 0.887. The van der Waals surface area contributed by atoms with Crippen LogP contribution in [0.15, 0.2) is 18.2 Å². The third-order valence-electron chi connectivity index (χ3n) is 3.96. The molecule has 1 amide bonds. The molecule has 0 bridgehead atoms. The van der Waals surface area contributed by atoms with Crippen molar-refractivity contribution in [2.24, 2.45) is 0 Å². The highest BCUT2D eigenvalue weighted by Gasteiger charge is 2.37. The van der Waals surface area contributed by atoms with E-state index < -0.39 is 5.54 Å². The first-order chi connectivity index (χ1) is 9.45. The number of nitrogens with zero attached hydrogens (tertiary/aromatic N) is 1. The summed E-state index contributed by atoms with van der Waals surface area (Å²) in [5.41, 5.74) is 0.368. The Morgan fingerprint density at radius 1 is 1.50 bits per heavy atom. The molecular weight excluding hydrogens is 259 g/mol. The Kier molecular flexibility index (Phi) is 3.17. The molecule has 2 heterocycles. The second-order valence-corrected chi connectivity index (χ2v) is 6.00. The van der Waals surface area contributed by atoms with Crippen LogP contribution >= 0.6 is 0 Å². The van der Waals surface area contributed by atoms with Gasteiger partial charge in [-0.15, -0.1) is 0 Å². The summed E-state index contributed by atoms with van der Waals surface area (Å²) in [6.45, 7) is 5.81. The molecule has 0 aromatic heterocycles. The van der Waals surface area contributed by atoms with Crippen molar-refractivity contribution in [1.29, 1.82) is 0 Å². The molecule has 5 heteroatoms. The largest absolute Gasteiger partial charge is 0.488 e. The van der Waals surface area contributed by atoms with Gasteiger partial charge in [-0.05, 0) is 32.0 Å². The SMILES string of the molecule is CC1(C)NCCN(CC2Cc3cc(F)ccc3O2)C1=O. The van der Waals surface area contributed by atoms with Crippen LogP contribution in [0.25, 0.3) is 0 Å². The van der Waals surface area contributed by atoms with Crippen LogP contribution in [-0.4, -0.2) is 42.1 Å². The fraction of sp³-hybridized carbons (Fsp3) is 0.533. The highest BCUT2D eigenvalue weighted by molar-refractivity contribution is 5.86. The number of halogens is 1. The molecule has 2 aliphatic heterocycles. The number of fused-ring (bicyclic) bond motifs is 1. The first-order valence-electron chi connectivity index (χ1n) is 6.95. The first kappa shape index (κ1) is 13.4. The van der Waals surface area contributed by atoms with Crippen molar-refractivity contribution in [2.45, 2.75) is 31.9 Å². The number of carbonyl (C=O) groups excluding carboxylic acids is 1. The maximum absolute atomic E-state index is 13.2. The molecule has 1 aromatic rings. The number of amides is 1. The van der Waals surface area contributed by atoms with Gasteiger partial charge in [0, 0.05) is 25.1 Å². The average Bonchev–Trinajstić information content (AvgIpc) is 2.76. The van der Waals surface area contributed by atoms with Crippen LogP contribution in [0.5, 0.6) is 5.75 Å². The van der Waals surface area contributed by atoms with Crippen LogP contribution in [0.1, 0.15) is 19.4 Å². The van der Waals surface area contributed by atoms with Crippen molar-refractivity contribution in [3.05, 3.63) is 29.6 Å². The highest BCUT2D eigenvalue weighted by atomic mass is 19.1. The smallest absolute Gasteiger partial charge is 0.242 e. The van der Waals surface area contributed by atoms with Crippen LogP contribution < -0.4 is 10.1 Å². The molecule has 1 atom stereocenters. The Balaban J connectivity index is 1.67. The molecule has 0 saturated carbocycles. The summed E-state index contributed by atoms with van der Waals surface area (Å²) in [5, 5.41) is 3.21.